The van der Waals surface area contributed by atoms with Gasteiger partial charge in [-0.1, -0.05) is 54.6 Å². The molecule has 1 amide bonds. The first kappa shape index (κ1) is 23.9. The van der Waals surface area contributed by atoms with E-state index in [4.69, 9.17) is 0 Å². The first-order chi connectivity index (χ1) is 15.3. The number of amides is 1. The largest absolute Gasteiger partial charge is 0.340 e. The third-order valence-electron chi connectivity index (χ3n) is 5.47. The Bertz CT molecular complexity index is 1020. The zero-order valence-corrected chi connectivity index (χ0v) is 19.2. The highest BCUT2D eigenvalue weighted by Gasteiger charge is 2.23. The van der Waals surface area contributed by atoms with Gasteiger partial charge in [0.2, 0.25) is 15.9 Å². The van der Waals surface area contributed by atoms with Crippen molar-refractivity contribution in [3.8, 4) is 0 Å². The second-order valence-electron chi connectivity index (χ2n) is 7.88. The molecule has 0 unspecified atom stereocenters. The molecule has 8 heteroatoms. The van der Waals surface area contributed by atoms with Gasteiger partial charge in [-0.15, -0.1) is 0 Å². The molecule has 32 heavy (non-hydrogen) atoms. The summed E-state index contributed by atoms with van der Waals surface area (Å²) in [6, 6.07) is 15.9. The van der Waals surface area contributed by atoms with E-state index >= 15 is 0 Å². The van der Waals surface area contributed by atoms with Gasteiger partial charge >= 0.3 is 0 Å². The molecule has 0 spiro atoms. The lowest BCUT2D eigenvalue weighted by molar-refractivity contribution is -0.132. The molecule has 1 heterocycles. The third-order valence-corrected chi connectivity index (χ3v) is 6.65. The summed E-state index contributed by atoms with van der Waals surface area (Å²) in [5.74, 6) is -0.590. The second-order valence-corrected chi connectivity index (χ2v) is 9.79. The van der Waals surface area contributed by atoms with Crippen LogP contribution in [0.4, 0.5) is 10.1 Å². The minimum Gasteiger partial charge on any atom is -0.340 e. The molecule has 2 aromatic carbocycles. The fourth-order valence-electron chi connectivity index (χ4n) is 3.73. The Kier molecular flexibility index (Phi) is 8.41. The molecule has 0 radical (unpaired) electrons. The predicted octanol–water partition coefficient (Wildman–Crippen LogP) is 3.23. The molecule has 1 aliphatic rings. The van der Waals surface area contributed by atoms with Crippen molar-refractivity contribution in [2.75, 3.05) is 49.8 Å². The van der Waals surface area contributed by atoms with Crippen LogP contribution in [0.25, 0.3) is 6.08 Å². The van der Waals surface area contributed by atoms with Crippen LogP contribution in [0.3, 0.4) is 0 Å². The summed E-state index contributed by atoms with van der Waals surface area (Å²) in [5, 5.41) is 0. The number of hydrogen-bond acceptors (Lipinski definition) is 4. The normalized spacial score (nSPS) is 15.2. The van der Waals surface area contributed by atoms with Crippen LogP contribution >= 0.6 is 0 Å². The van der Waals surface area contributed by atoms with E-state index < -0.39 is 15.8 Å². The fourth-order valence-corrected chi connectivity index (χ4v) is 4.70. The summed E-state index contributed by atoms with van der Waals surface area (Å²) >= 11 is 0. The van der Waals surface area contributed by atoms with Gasteiger partial charge in [-0.3, -0.25) is 14.0 Å². The van der Waals surface area contributed by atoms with Crippen LogP contribution in [0.5, 0.6) is 0 Å². The Morgan fingerprint density at radius 2 is 1.69 bits per heavy atom. The van der Waals surface area contributed by atoms with Crippen molar-refractivity contribution in [1.29, 1.82) is 0 Å². The van der Waals surface area contributed by atoms with E-state index in [1.807, 2.05) is 23.1 Å². The van der Waals surface area contributed by atoms with Crippen molar-refractivity contribution in [2.45, 2.75) is 12.8 Å². The maximum Gasteiger partial charge on any atom is 0.232 e. The molecular weight excluding hydrogens is 429 g/mol. The molecule has 0 saturated carbocycles. The highest BCUT2D eigenvalue weighted by molar-refractivity contribution is 7.92. The summed E-state index contributed by atoms with van der Waals surface area (Å²) in [4.78, 5) is 16.7. The number of piperazine rings is 1. The highest BCUT2D eigenvalue weighted by Crippen LogP contribution is 2.22. The lowest BCUT2D eigenvalue weighted by Gasteiger charge is -2.34. The number of para-hydroxylation sites is 1. The molecule has 1 saturated heterocycles. The molecule has 2 aromatic rings. The van der Waals surface area contributed by atoms with Crippen LogP contribution in [-0.4, -0.2) is 69.6 Å². The number of rotatable bonds is 9. The summed E-state index contributed by atoms with van der Waals surface area (Å²) in [5.41, 5.74) is 1.18. The van der Waals surface area contributed by atoms with E-state index in [0.29, 0.717) is 19.5 Å². The fraction of sp³-hybridized carbons (Fsp3) is 0.375. The monoisotopic (exact) mass is 459 g/mol. The predicted molar refractivity (Wildman–Crippen MR) is 126 cm³/mol. The molecular formula is C24H30FN3O3S. The van der Waals surface area contributed by atoms with Gasteiger partial charge in [-0.25, -0.2) is 12.8 Å². The number of carbonyl (C=O) groups is 1. The lowest BCUT2D eigenvalue weighted by Crippen LogP contribution is -2.48. The van der Waals surface area contributed by atoms with Crippen molar-refractivity contribution in [3.05, 3.63) is 72.1 Å². The van der Waals surface area contributed by atoms with Crippen LogP contribution in [0.15, 0.2) is 60.7 Å². The van der Waals surface area contributed by atoms with E-state index in [0.717, 1.165) is 30.2 Å². The van der Waals surface area contributed by atoms with Gasteiger partial charge in [0.05, 0.1) is 11.9 Å². The standard InChI is InChI=1S/C24H30FN3O3S/c1-32(30,31)28(23-13-6-5-12-22(23)25)16-8-14-24(29)27-19-17-26(18-20-27)15-7-11-21-9-3-2-4-10-21/h2-7,9-13H,8,14-20H2,1H3/b11-7+. The molecule has 6 nitrogen and oxygen atoms in total. The van der Waals surface area contributed by atoms with Crippen molar-refractivity contribution >= 4 is 27.7 Å². The average molecular weight is 460 g/mol. The van der Waals surface area contributed by atoms with Crippen LogP contribution < -0.4 is 4.31 Å². The Balaban J connectivity index is 1.43. The Morgan fingerprint density at radius 3 is 2.34 bits per heavy atom. The first-order valence-corrected chi connectivity index (χ1v) is 12.6. The minimum absolute atomic E-state index is 0.00598. The molecule has 0 atom stereocenters. The number of hydrogen-bond donors (Lipinski definition) is 0. The zero-order chi connectivity index (χ0) is 23.0. The average Bonchev–Trinajstić information content (AvgIpc) is 2.78. The molecule has 3 rings (SSSR count). The molecule has 1 fully saturated rings. The molecule has 172 valence electrons. The number of carbonyl (C=O) groups excluding carboxylic acids is 1. The van der Waals surface area contributed by atoms with Gasteiger partial charge in [-0.05, 0) is 24.1 Å². The van der Waals surface area contributed by atoms with E-state index in [1.54, 1.807) is 6.07 Å². The van der Waals surface area contributed by atoms with Crippen molar-refractivity contribution < 1.29 is 17.6 Å². The summed E-state index contributed by atoms with van der Waals surface area (Å²) in [6.45, 7) is 3.81. The topological polar surface area (TPSA) is 60.9 Å². The van der Waals surface area contributed by atoms with Crippen LogP contribution in [-0.2, 0) is 14.8 Å². The number of halogens is 1. The minimum atomic E-state index is -3.64. The molecule has 0 N–H and O–H groups in total. The Morgan fingerprint density at radius 1 is 1.03 bits per heavy atom. The quantitative estimate of drug-likeness (QED) is 0.578. The SMILES string of the molecule is CS(=O)(=O)N(CCCC(=O)N1CCN(C/C=C/c2ccccc2)CC1)c1ccccc1F. The van der Waals surface area contributed by atoms with Gasteiger partial charge in [0.15, 0.2) is 0 Å². The van der Waals surface area contributed by atoms with Crippen molar-refractivity contribution in [2.24, 2.45) is 0 Å². The van der Waals surface area contributed by atoms with Gasteiger partial charge in [0.25, 0.3) is 0 Å². The molecule has 1 aliphatic heterocycles. The number of anilines is 1. The zero-order valence-electron chi connectivity index (χ0n) is 18.4. The number of nitrogens with zero attached hydrogens (tertiary/aromatic N) is 3. The molecule has 0 bridgehead atoms. The Hall–Kier alpha value is -2.71. The second kappa shape index (κ2) is 11.2. The van der Waals surface area contributed by atoms with Crippen LogP contribution in [0.1, 0.15) is 18.4 Å². The van der Waals surface area contributed by atoms with Crippen molar-refractivity contribution in [1.82, 2.24) is 9.80 Å². The lowest BCUT2D eigenvalue weighted by atomic mass is 10.2. The Labute approximate surface area is 190 Å². The van der Waals surface area contributed by atoms with Crippen LogP contribution in [0, 0.1) is 5.82 Å². The first-order valence-electron chi connectivity index (χ1n) is 10.8. The maximum absolute atomic E-state index is 14.1. The third kappa shape index (κ3) is 6.90. The highest BCUT2D eigenvalue weighted by atomic mass is 32.2. The summed E-state index contributed by atoms with van der Waals surface area (Å²) in [7, 11) is -3.64. The van der Waals surface area contributed by atoms with E-state index in [2.05, 4.69) is 29.2 Å². The van der Waals surface area contributed by atoms with Crippen molar-refractivity contribution in [3.63, 3.8) is 0 Å². The van der Waals surface area contributed by atoms with Gasteiger partial charge in [0.1, 0.15) is 5.82 Å². The summed E-state index contributed by atoms with van der Waals surface area (Å²) in [6.07, 6.45) is 5.84. The number of sulfonamides is 1. The van der Waals surface area contributed by atoms with E-state index in [1.165, 1.54) is 23.8 Å². The van der Waals surface area contributed by atoms with E-state index in [-0.39, 0.29) is 24.6 Å². The summed E-state index contributed by atoms with van der Waals surface area (Å²) < 4.78 is 39.4. The van der Waals surface area contributed by atoms with Gasteiger partial charge in [0, 0.05) is 45.7 Å². The van der Waals surface area contributed by atoms with Gasteiger partial charge in [-0.2, -0.15) is 0 Å². The van der Waals surface area contributed by atoms with E-state index in [9.17, 15) is 17.6 Å². The van der Waals surface area contributed by atoms with Gasteiger partial charge < -0.3 is 4.90 Å². The maximum atomic E-state index is 14.1. The number of benzene rings is 2. The molecule has 0 aromatic heterocycles. The van der Waals surface area contributed by atoms with Crippen LogP contribution in [0.2, 0.25) is 0 Å². The molecule has 0 aliphatic carbocycles. The smallest absolute Gasteiger partial charge is 0.232 e.